The predicted octanol–water partition coefficient (Wildman–Crippen LogP) is 5.01. The van der Waals surface area contributed by atoms with Crippen LogP contribution in [0, 0.1) is 6.92 Å². The topological polar surface area (TPSA) is 108 Å². The van der Waals surface area contributed by atoms with Gasteiger partial charge in [0.05, 0.1) is 24.6 Å². The van der Waals surface area contributed by atoms with Gasteiger partial charge in [0, 0.05) is 29.1 Å². The van der Waals surface area contributed by atoms with E-state index in [1.807, 2.05) is 56.3 Å². The van der Waals surface area contributed by atoms with Gasteiger partial charge in [-0.2, -0.15) is 0 Å². The quantitative estimate of drug-likeness (QED) is 0.220. The van der Waals surface area contributed by atoms with Gasteiger partial charge in [0.15, 0.2) is 5.82 Å². The van der Waals surface area contributed by atoms with E-state index in [1.165, 1.54) is 0 Å². The highest BCUT2D eigenvalue weighted by atomic mass is 35.5. The minimum Gasteiger partial charge on any atom is -0.494 e. The maximum atomic E-state index is 11.6. The van der Waals surface area contributed by atoms with E-state index in [9.17, 15) is 9.59 Å². The van der Waals surface area contributed by atoms with Crippen LogP contribution in [0.15, 0.2) is 47.5 Å². The number of hydrogen-bond donors (Lipinski definition) is 1. The lowest BCUT2D eigenvalue weighted by Gasteiger charge is -2.15. The molecule has 0 fully saturated rings. The van der Waals surface area contributed by atoms with Crippen LogP contribution >= 0.6 is 11.6 Å². The van der Waals surface area contributed by atoms with Crippen molar-refractivity contribution in [3.05, 3.63) is 70.3 Å². The van der Waals surface area contributed by atoms with E-state index in [2.05, 4.69) is 27.0 Å². The third-order valence-corrected chi connectivity index (χ3v) is 6.04. The molecular weight excluding hydrogens is 506 g/mol. The minimum absolute atomic E-state index is 0.127. The average Bonchev–Trinajstić information content (AvgIpc) is 3.23. The minimum atomic E-state index is -0.207. The first-order valence-electron chi connectivity index (χ1n) is 12.8. The molecule has 1 N–H and O–H groups in total. The molecule has 38 heavy (non-hydrogen) atoms. The van der Waals surface area contributed by atoms with Gasteiger partial charge >= 0.3 is 5.97 Å². The van der Waals surface area contributed by atoms with Crippen molar-refractivity contribution in [1.82, 2.24) is 20.1 Å². The van der Waals surface area contributed by atoms with Crippen molar-refractivity contribution in [2.75, 3.05) is 19.8 Å². The molecule has 1 aromatic heterocycles. The monoisotopic (exact) mass is 539 g/mol. The number of carbonyl (C=O) groups is 2. The Hall–Kier alpha value is -3.72. The summed E-state index contributed by atoms with van der Waals surface area (Å²) in [5.41, 5.74) is 3.71. The first kappa shape index (κ1) is 28.8. The number of aryl methyl sites for hydroxylation is 1. The van der Waals surface area contributed by atoms with E-state index in [0.29, 0.717) is 43.2 Å². The first-order chi connectivity index (χ1) is 18.4. The molecule has 1 amide bonds. The second-order valence-corrected chi connectivity index (χ2v) is 8.90. The van der Waals surface area contributed by atoms with E-state index in [-0.39, 0.29) is 12.0 Å². The lowest BCUT2D eigenvalue weighted by molar-refractivity contribution is -0.143. The molecule has 10 heteroatoms. The fourth-order valence-electron chi connectivity index (χ4n) is 4.00. The molecule has 4 rings (SSSR count). The number of rotatable bonds is 10. The Morgan fingerprint density at radius 3 is 2.53 bits per heavy atom. The van der Waals surface area contributed by atoms with E-state index in [4.69, 9.17) is 26.1 Å². The second-order valence-electron chi connectivity index (χ2n) is 8.46. The summed E-state index contributed by atoms with van der Waals surface area (Å²) in [4.78, 5) is 26.0. The van der Waals surface area contributed by atoms with Gasteiger partial charge in [0.2, 0.25) is 6.41 Å². The number of amides is 1. The molecule has 0 saturated carbocycles. The Morgan fingerprint density at radius 1 is 1.13 bits per heavy atom. The number of hydrogen-bond acceptors (Lipinski definition) is 7. The van der Waals surface area contributed by atoms with Gasteiger partial charge in [-0.15, -0.1) is 10.2 Å². The van der Waals surface area contributed by atoms with Crippen molar-refractivity contribution in [2.45, 2.75) is 53.0 Å². The van der Waals surface area contributed by atoms with Crippen molar-refractivity contribution in [3.8, 4) is 11.4 Å². The van der Waals surface area contributed by atoms with E-state index < -0.39 is 0 Å². The van der Waals surface area contributed by atoms with Gasteiger partial charge in [0.25, 0.3) is 0 Å². The number of nitrogens with one attached hydrogen (secondary N) is 1. The lowest BCUT2D eigenvalue weighted by Crippen LogP contribution is -2.10. The first-order valence-corrected chi connectivity index (χ1v) is 13.2. The summed E-state index contributed by atoms with van der Waals surface area (Å²) < 4.78 is 13.0. The lowest BCUT2D eigenvalue weighted by atomic mass is 10.00. The Kier molecular flexibility index (Phi) is 10.8. The van der Waals surface area contributed by atoms with Gasteiger partial charge in [-0.3, -0.25) is 19.1 Å². The maximum absolute atomic E-state index is 11.6. The molecule has 0 saturated heterocycles. The number of halogens is 1. The number of fused-ring (bicyclic) bond motifs is 3. The van der Waals surface area contributed by atoms with Gasteiger partial charge in [-0.1, -0.05) is 30.7 Å². The molecule has 0 spiro atoms. The van der Waals surface area contributed by atoms with Crippen molar-refractivity contribution in [2.24, 2.45) is 4.99 Å². The van der Waals surface area contributed by atoms with Crippen molar-refractivity contribution in [3.63, 3.8) is 0 Å². The summed E-state index contributed by atoms with van der Waals surface area (Å²) in [7, 11) is 0. The summed E-state index contributed by atoms with van der Waals surface area (Å²) in [6.07, 6.45) is 2.39. The third kappa shape index (κ3) is 7.19. The highest BCUT2D eigenvalue weighted by Gasteiger charge is 2.27. The summed E-state index contributed by atoms with van der Waals surface area (Å²) >= 11 is 6.14. The zero-order valence-electron chi connectivity index (χ0n) is 22.2. The van der Waals surface area contributed by atoms with Gasteiger partial charge in [-0.25, -0.2) is 0 Å². The molecule has 9 nitrogen and oxygen atoms in total. The number of nitrogens with zero attached hydrogens (tertiary/aromatic N) is 4. The van der Waals surface area contributed by atoms with Gasteiger partial charge in [-0.05, 0) is 63.9 Å². The van der Waals surface area contributed by atoms with Crippen LogP contribution in [0.5, 0.6) is 5.75 Å². The number of esters is 1. The number of benzene rings is 2. The van der Waals surface area contributed by atoms with Crippen LogP contribution < -0.4 is 10.1 Å². The zero-order chi connectivity index (χ0) is 27.5. The molecule has 1 aliphatic rings. The Morgan fingerprint density at radius 2 is 1.89 bits per heavy atom. The van der Waals surface area contributed by atoms with Crippen LogP contribution in [0.3, 0.4) is 0 Å². The smallest absolute Gasteiger partial charge is 0.305 e. The molecule has 0 bridgehead atoms. The fraction of sp³-hybridized carbons (Fsp3) is 0.393. The van der Waals surface area contributed by atoms with Crippen LogP contribution in [0.25, 0.3) is 5.69 Å². The SMILES string of the molecule is CCNC=O.CCOC(=O)CCCOc1ccc2c(c1)C(c1ccc(Cl)cc1)=N[C@@H](CC)c1nnc(C)n1-2. The summed E-state index contributed by atoms with van der Waals surface area (Å²) in [6, 6.07) is 13.5. The molecule has 0 radical (unpaired) electrons. The van der Waals surface area contributed by atoms with Crippen molar-refractivity contribution < 1.29 is 19.1 Å². The van der Waals surface area contributed by atoms with Crippen LogP contribution in [0.2, 0.25) is 5.02 Å². The normalized spacial score (nSPS) is 13.6. The van der Waals surface area contributed by atoms with Gasteiger partial charge in [0.1, 0.15) is 17.6 Å². The van der Waals surface area contributed by atoms with Crippen LogP contribution in [-0.4, -0.2) is 52.6 Å². The number of aromatic nitrogens is 3. The molecule has 0 unspecified atom stereocenters. The summed E-state index contributed by atoms with van der Waals surface area (Å²) in [5, 5.41) is 11.8. The molecule has 2 heterocycles. The van der Waals surface area contributed by atoms with Gasteiger partial charge < -0.3 is 14.8 Å². The summed E-state index contributed by atoms with van der Waals surface area (Å²) in [5.74, 6) is 2.13. The van der Waals surface area contributed by atoms with Crippen molar-refractivity contribution >= 4 is 29.7 Å². The molecular formula is C28H34ClN5O4. The standard InChI is InChI=1S/C25H27ClN4O3.C3H7NO/c1-4-21-25-29-28-16(3)30(25)22-13-12-19(33-14-6-7-23(31)32-5-2)15-20(22)24(27-21)17-8-10-18(26)11-9-17;1-2-4-3-5/h8-13,15,21H,4-7,14H2,1-3H3;3H,2H2,1H3,(H,4,5)/t21-;/m0./s1. The average molecular weight is 540 g/mol. The number of aliphatic imine (C=N–C) groups is 1. The Balaban J connectivity index is 0.000000732. The Bertz CT molecular complexity index is 1260. The third-order valence-electron chi connectivity index (χ3n) is 5.79. The largest absolute Gasteiger partial charge is 0.494 e. The molecule has 3 aromatic rings. The van der Waals surface area contributed by atoms with E-state index in [1.54, 1.807) is 6.92 Å². The van der Waals surface area contributed by atoms with Crippen LogP contribution in [0.4, 0.5) is 0 Å². The van der Waals surface area contributed by atoms with E-state index in [0.717, 1.165) is 47.1 Å². The van der Waals surface area contributed by atoms with E-state index >= 15 is 0 Å². The zero-order valence-corrected chi connectivity index (χ0v) is 23.0. The van der Waals surface area contributed by atoms with Crippen molar-refractivity contribution in [1.29, 1.82) is 0 Å². The molecule has 1 atom stereocenters. The Labute approximate surface area is 228 Å². The highest BCUT2D eigenvalue weighted by Crippen LogP contribution is 2.34. The number of ether oxygens (including phenoxy) is 2. The van der Waals surface area contributed by atoms with Crippen LogP contribution in [-0.2, 0) is 14.3 Å². The summed E-state index contributed by atoms with van der Waals surface area (Å²) in [6.45, 7) is 9.24. The molecule has 1 aliphatic heterocycles. The second kappa shape index (κ2) is 14.3. The highest BCUT2D eigenvalue weighted by molar-refractivity contribution is 6.30. The molecule has 0 aliphatic carbocycles. The fourth-order valence-corrected chi connectivity index (χ4v) is 4.13. The maximum Gasteiger partial charge on any atom is 0.305 e. The molecule has 202 valence electrons. The molecule has 2 aromatic carbocycles. The van der Waals surface area contributed by atoms with Crippen LogP contribution in [0.1, 0.15) is 68.9 Å². The number of carbonyl (C=O) groups excluding carboxylic acids is 2. The predicted molar refractivity (Wildman–Crippen MR) is 147 cm³/mol.